The number of aliphatic hydroxyl groups is 2. The Kier molecular flexibility index (Phi) is 1.97. The van der Waals surface area contributed by atoms with E-state index in [-0.39, 0.29) is 11.8 Å². The summed E-state index contributed by atoms with van der Waals surface area (Å²) in [6, 6.07) is 16.3. The van der Waals surface area contributed by atoms with E-state index in [9.17, 15) is 10.2 Å². The lowest BCUT2D eigenvalue weighted by Gasteiger charge is -2.46. The summed E-state index contributed by atoms with van der Waals surface area (Å²) >= 11 is 0. The number of rotatable bonds is 0. The van der Waals surface area contributed by atoms with Crippen LogP contribution in [0.5, 0.6) is 0 Å². The van der Waals surface area contributed by atoms with Crippen molar-refractivity contribution in [1.82, 2.24) is 0 Å². The topological polar surface area (TPSA) is 40.5 Å². The average molecular weight is 238 g/mol. The molecule has 0 spiro atoms. The molecule has 2 aromatic rings. The van der Waals surface area contributed by atoms with Crippen LogP contribution in [-0.4, -0.2) is 22.4 Å². The molecule has 0 saturated heterocycles. The first kappa shape index (κ1) is 10.3. The highest BCUT2D eigenvalue weighted by Gasteiger charge is 2.48. The molecule has 2 nitrogen and oxygen atoms in total. The molecule has 3 aliphatic rings. The van der Waals surface area contributed by atoms with Gasteiger partial charge in [0.1, 0.15) is 0 Å². The summed E-state index contributed by atoms with van der Waals surface area (Å²) in [4.78, 5) is 0. The first-order valence-electron chi connectivity index (χ1n) is 6.33. The van der Waals surface area contributed by atoms with Gasteiger partial charge in [0.15, 0.2) is 0 Å². The van der Waals surface area contributed by atoms with Gasteiger partial charge >= 0.3 is 0 Å². The predicted octanol–water partition coefficient (Wildman–Crippen LogP) is 2.00. The average Bonchev–Trinajstić information content (AvgIpc) is 2.42. The summed E-state index contributed by atoms with van der Waals surface area (Å²) in [7, 11) is 0. The van der Waals surface area contributed by atoms with E-state index in [1.807, 2.05) is 24.3 Å². The molecule has 0 heterocycles. The van der Waals surface area contributed by atoms with Crippen LogP contribution in [0.1, 0.15) is 34.1 Å². The minimum absolute atomic E-state index is 0.0857. The second-order valence-corrected chi connectivity index (χ2v) is 5.19. The van der Waals surface area contributed by atoms with Crippen LogP contribution in [0.25, 0.3) is 0 Å². The van der Waals surface area contributed by atoms with Crippen LogP contribution < -0.4 is 0 Å². The molecule has 2 heteroatoms. The first-order chi connectivity index (χ1) is 8.79. The van der Waals surface area contributed by atoms with Gasteiger partial charge in [-0.2, -0.15) is 0 Å². The Balaban J connectivity index is 2.06. The predicted molar refractivity (Wildman–Crippen MR) is 68.6 cm³/mol. The van der Waals surface area contributed by atoms with E-state index in [4.69, 9.17) is 0 Å². The fraction of sp³-hybridized carbons (Fsp3) is 0.250. The lowest BCUT2D eigenvalue weighted by atomic mass is 9.61. The zero-order valence-electron chi connectivity index (χ0n) is 9.82. The fourth-order valence-electron chi connectivity index (χ4n) is 3.62. The summed E-state index contributed by atoms with van der Waals surface area (Å²) in [6.45, 7) is 0. The van der Waals surface area contributed by atoms with Gasteiger partial charge in [0, 0.05) is 11.8 Å². The molecule has 0 aliphatic heterocycles. The monoisotopic (exact) mass is 238 g/mol. The van der Waals surface area contributed by atoms with E-state index in [0.29, 0.717) is 0 Å². The van der Waals surface area contributed by atoms with Crippen molar-refractivity contribution in [3.63, 3.8) is 0 Å². The van der Waals surface area contributed by atoms with Crippen molar-refractivity contribution < 1.29 is 10.2 Å². The maximum Gasteiger partial charge on any atom is 0.0917 e. The maximum absolute atomic E-state index is 10.3. The summed E-state index contributed by atoms with van der Waals surface area (Å²) in [5, 5.41) is 20.6. The van der Waals surface area contributed by atoms with Crippen molar-refractivity contribution in [2.24, 2.45) is 0 Å². The highest BCUT2D eigenvalue weighted by atomic mass is 16.3. The van der Waals surface area contributed by atoms with Gasteiger partial charge in [-0.15, -0.1) is 0 Å². The van der Waals surface area contributed by atoms with Crippen molar-refractivity contribution >= 4 is 0 Å². The molecule has 0 amide bonds. The molecule has 90 valence electrons. The van der Waals surface area contributed by atoms with Gasteiger partial charge in [-0.05, 0) is 22.3 Å². The van der Waals surface area contributed by atoms with Crippen LogP contribution in [0.4, 0.5) is 0 Å². The van der Waals surface area contributed by atoms with Gasteiger partial charge in [0.25, 0.3) is 0 Å². The standard InChI is InChI=1S/C16H14O2/c17-15-13-9-5-1-2-6-10(9)14(16(15)18)12-8-4-3-7-11(12)13/h1-8,13-18H/t13-,14-,15-,16+. The number of benzene rings is 2. The molecule has 2 aromatic carbocycles. The molecule has 0 aromatic heterocycles. The molecule has 2 atom stereocenters. The van der Waals surface area contributed by atoms with Gasteiger partial charge < -0.3 is 10.2 Å². The lowest BCUT2D eigenvalue weighted by molar-refractivity contribution is -0.0154. The van der Waals surface area contributed by atoms with Gasteiger partial charge in [0.2, 0.25) is 0 Å². The molecule has 0 unspecified atom stereocenters. The number of hydrogen-bond acceptors (Lipinski definition) is 2. The molecule has 5 rings (SSSR count). The van der Waals surface area contributed by atoms with Crippen molar-refractivity contribution in [1.29, 1.82) is 0 Å². The third kappa shape index (κ3) is 1.10. The Bertz CT molecular complexity index is 518. The summed E-state index contributed by atoms with van der Waals surface area (Å²) in [5.41, 5.74) is 4.66. The van der Waals surface area contributed by atoms with Crippen molar-refractivity contribution in [2.75, 3.05) is 0 Å². The zero-order chi connectivity index (χ0) is 12.3. The molecule has 0 saturated carbocycles. The van der Waals surface area contributed by atoms with E-state index in [2.05, 4.69) is 24.3 Å². The Hall–Kier alpha value is -1.64. The number of hydrogen-bond donors (Lipinski definition) is 2. The fourth-order valence-corrected chi connectivity index (χ4v) is 3.62. The van der Waals surface area contributed by atoms with Crippen LogP contribution in [0.15, 0.2) is 48.5 Å². The third-order valence-electron chi connectivity index (χ3n) is 4.37. The Morgan fingerprint density at radius 3 is 1.11 bits per heavy atom. The minimum Gasteiger partial charge on any atom is -0.389 e. The van der Waals surface area contributed by atoms with Crippen LogP contribution in [0, 0.1) is 0 Å². The third-order valence-corrected chi connectivity index (χ3v) is 4.37. The van der Waals surface area contributed by atoms with E-state index >= 15 is 0 Å². The molecule has 0 radical (unpaired) electrons. The number of fused-ring (bicyclic) bond motifs is 1. The van der Waals surface area contributed by atoms with E-state index < -0.39 is 12.2 Å². The van der Waals surface area contributed by atoms with Gasteiger partial charge in [0.05, 0.1) is 12.2 Å². The lowest BCUT2D eigenvalue weighted by Crippen LogP contribution is -2.47. The Morgan fingerprint density at radius 1 is 0.556 bits per heavy atom. The van der Waals surface area contributed by atoms with Crippen LogP contribution in [0.3, 0.4) is 0 Å². The smallest absolute Gasteiger partial charge is 0.0917 e. The molecule has 18 heavy (non-hydrogen) atoms. The Labute approximate surface area is 106 Å². The quantitative estimate of drug-likeness (QED) is 0.737. The molecular weight excluding hydrogens is 224 g/mol. The van der Waals surface area contributed by atoms with E-state index in [0.717, 1.165) is 0 Å². The van der Waals surface area contributed by atoms with E-state index in [1.165, 1.54) is 22.3 Å². The largest absolute Gasteiger partial charge is 0.389 e. The zero-order valence-corrected chi connectivity index (χ0v) is 9.82. The van der Waals surface area contributed by atoms with Crippen molar-refractivity contribution in [3.8, 4) is 0 Å². The second kappa shape index (κ2) is 3.44. The SMILES string of the molecule is O[C@@H]1[C@H]2c3ccccc3[C@@H](c3ccccc32)[C@@H]1O. The van der Waals surface area contributed by atoms with Crippen molar-refractivity contribution in [3.05, 3.63) is 70.8 Å². The molecular formula is C16H14O2. The molecule has 0 fully saturated rings. The van der Waals surface area contributed by atoms with Gasteiger partial charge in [-0.3, -0.25) is 0 Å². The van der Waals surface area contributed by atoms with Crippen LogP contribution in [0.2, 0.25) is 0 Å². The van der Waals surface area contributed by atoms with Gasteiger partial charge in [-0.1, -0.05) is 48.5 Å². The summed E-state index contributed by atoms with van der Waals surface area (Å²) in [6.07, 6.45) is -1.39. The normalized spacial score (nSPS) is 31.9. The Morgan fingerprint density at radius 2 is 0.833 bits per heavy atom. The summed E-state index contributed by atoms with van der Waals surface area (Å²) < 4.78 is 0. The van der Waals surface area contributed by atoms with Crippen molar-refractivity contribution in [2.45, 2.75) is 24.0 Å². The van der Waals surface area contributed by atoms with E-state index in [1.54, 1.807) is 0 Å². The maximum atomic E-state index is 10.3. The minimum atomic E-state index is -0.695. The summed E-state index contributed by atoms with van der Waals surface area (Å²) in [5.74, 6) is -0.171. The molecule has 2 N–H and O–H groups in total. The highest BCUT2D eigenvalue weighted by molar-refractivity contribution is 5.57. The van der Waals surface area contributed by atoms with Crippen LogP contribution in [-0.2, 0) is 0 Å². The second-order valence-electron chi connectivity index (χ2n) is 5.19. The number of aliphatic hydroxyl groups excluding tert-OH is 2. The first-order valence-corrected chi connectivity index (χ1v) is 6.33. The van der Waals surface area contributed by atoms with Gasteiger partial charge in [-0.25, -0.2) is 0 Å². The molecule has 2 bridgehead atoms. The highest BCUT2D eigenvalue weighted by Crippen LogP contribution is 2.52. The van der Waals surface area contributed by atoms with Crippen LogP contribution >= 0.6 is 0 Å². The molecule has 3 aliphatic carbocycles.